The van der Waals surface area contributed by atoms with Crippen molar-refractivity contribution in [3.8, 4) is 0 Å². The lowest BCUT2D eigenvalue weighted by Crippen LogP contribution is -3.11. The van der Waals surface area contributed by atoms with Crippen molar-refractivity contribution in [1.82, 2.24) is 9.55 Å². The van der Waals surface area contributed by atoms with E-state index in [2.05, 4.69) is 76.1 Å². The molecule has 0 aliphatic carbocycles. The van der Waals surface area contributed by atoms with Gasteiger partial charge >= 0.3 is 5.69 Å². The molecule has 0 bridgehead atoms. The summed E-state index contributed by atoms with van der Waals surface area (Å²) < 4.78 is 35.1. The van der Waals surface area contributed by atoms with Crippen LogP contribution in [0.25, 0.3) is 0 Å². The van der Waals surface area contributed by atoms with E-state index in [9.17, 15) is 38.8 Å². The Hall–Kier alpha value is -1.30. The number of phosphoric acid groups is 2. The maximum atomic E-state index is 11.9. The molecule has 0 saturated carbocycles. The lowest BCUT2D eigenvalue weighted by molar-refractivity contribution is -0.894. The topological polar surface area (TPSA) is 246 Å². The third-order valence-corrected chi connectivity index (χ3v) is 10.0. The highest BCUT2D eigenvalue weighted by molar-refractivity contribution is 7.58. The molecule has 19 heteroatoms. The van der Waals surface area contributed by atoms with Gasteiger partial charge in [0.1, 0.15) is 23.6 Å². The minimum atomic E-state index is -5.88. The molecule has 47 heavy (non-hydrogen) atoms. The zero-order valence-electron chi connectivity index (χ0n) is 29.9. The molecular formula is C28H62N6O11P2. The minimum Gasteiger partial charge on any atom is -0.790 e. The van der Waals surface area contributed by atoms with Gasteiger partial charge in [0.25, 0.3) is 7.82 Å². The van der Waals surface area contributed by atoms with Crippen molar-refractivity contribution in [3.63, 3.8) is 0 Å². The van der Waals surface area contributed by atoms with Crippen molar-refractivity contribution in [3.05, 3.63) is 22.7 Å². The average molecular weight is 721 g/mol. The summed E-state index contributed by atoms with van der Waals surface area (Å²) in [5.41, 5.74) is 2.34. The molecule has 7 N–H and O–H groups in total. The smallest absolute Gasteiger partial charge is 0.351 e. The fourth-order valence-electron chi connectivity index (χ4n) is 4.54. The molecule has 1 aromatic heterocycles. The highest BCUT2D eigenvalue weighted by Gasteiger charge is 2.53. The summed E-state index contributed by atoms with van der Waals surface area (Å²) >= 11 is 0. The van der Waals surface area contributed by atoms with Gasteiger partial charge in [0.05, 0.1) is 73.3 Å². The van der Waals surface area contributed by atoms with Crippen molar-refractivity contribution in [1.29, 1.82) is 0 Å². The molecular weight excluding hydrogens is 658 g/mol. The van der Waals surface area contributed by atoms with Crippen LogP contribution in [0.4, 0.5) is 5.82 Å². The van der Waals surface area contributed by atoms with Gasteiger partial charge < -0.3 is 59.2 Å². The summed E-state index contributed by atoms with van der Waals surface area (Å²) in [7, 11) is -11.4. The first kappa shape index (κ1) is 47.8. The van der Waals surface area contributed by atoms with Crippen molar-refractivity contribution >= 4 is 21.5 Å². The number of ether oxygens (including phenoxy) is 1. The second-order valence-corrected chi connectivity index (χ2v) is 13.6. The number of nitrogens with two attached hydrogens (primary N) is 1. The van der Waals surface area contributed by atoms with E-state index in [0.29, 0.717) is 0 Å². The monoisotopic (exact) mass is 720 g/mol. The van der Waals surface area contributed by atoms with Gasteiger partial charge in [0, 0.05) is 6.20 Å². The Morgan fingerprint density at radius 3 is 1.57 bits per heavy atom. The van der Waals surface area contributed by atoms with Crippen molar-refractivity contribution < 1.29 is 62.3 Å². The maximum Gasteiger partial charge on any atom is 0.351 e. The van der Waals surface area contributed by atoms with E-state index in [-0.39, 0.29) is 5.82 Å². The number of phosphoric ester groups is 1. The quantitative estimate of drug-likeness (QED) is 0.0947. The fraction of sp³-hybridized carbons (Fsp3) is 0.857. The van der Waals surface area contributed by atoms with Crippen LogP contribution in [-0.4, -0.2) is 103 Å². The van der Waals surface area contributed by atoms with E-state index in [1.807, 2.05) is 0 Å². The fourth-order valence-corrected chi connectivity index (χ4v) is 6.04. The van der Waals surface area contributed by atoms with Crippen LogP contribution in [0.15, 0.2) is 17.1 Å². The number of rotatable bonds is 15. The Labute approximate surface area is 280 Å². The first-order chi connectivity index (χ1) is 21.8. The van der Waals surface area contributed by atoms with Gasteiger partial charge in [0.15, 0.2) is 6.23 Å². The maximum absolute atomic E-state index is 11.9. The second-order valence-electron chi connectivity index (χ2n) is 10.9. The van der Waals surface area contributed by atoms with Gasteiger partial charge in [-0.05, 0) is 75.3 Å². The Balaban J connectivity index is 0. The summed E-state index contributed by atoms with van der Waals surface area (Å²) in [6, 6.07) is 1.22. The molecule has 1 saturated heterocycles. The largest absolute Gasteiger partial charge is 0.790 e. The standard InChI is InChI=1S/C10H17N3O11P2.3C6H15N/c1-10(16)7(14)5(4-22-26(20,21)24-25(17,18)19)23-8(10)13-3-2-6(11)12-9(13)15;3*1-4-7(5-2)6-3/h2-3,5,7-8,14,16H,4H2,1H3,(H,20,21)(H2,11,12,15)(H2,17,18,19);3*4-6H2,1-3H3/t5-,7-,8-,10-;;;/m1.../s1. The van der Waals surface area contributed by atoms with Crippen molar-refractivity contribution in [2.24, 2.45) is 0 Å². The van der Waals surface area contributed by atoms with Crippen LogP contribution >= 0.6 is 15.6 Å². The molecule has 2 rings (SSSR count). The number of hydrogen-bond acceptors (Lipinski definition) is 13. The summed E-state index contributed by atoms with van der Waals surface area (Å²) in [6.45, 7) is 31.5. The van der Waals surface area contributed by atoms with Crippen LogP contribution in [0.2, 0.25) is 0 Å². The van der Waals surface area contributed by atoms with Gasteiger partial charge in [-0.1, -0.05) is 0 Å². The Bertz CT molecular complexity index is 1070. The molecule has 1 unspecified atom stereocenters. The van der Waals surface area contributed by atoms with Crippen LogP contribution in [0.1, 0.15) is 75.5 Å². The lowest BCUT2D eigenvalue weighted by atomic mass is 9.96. The van der Waals surface area contributed by atoms with E-state index < -0.39 is 52.0 Å². The molecule has 0 radical (unpaired) electrons. The van der Waals surface area contributed by atoms with E-state index >= 15 is 0 Å². The average Bonchev–Trinajstić information content (AvgIpc) is 3.22. The molecule has 5 atom stereocenters. The number of nitrogens with one attached hydrogen (secondary N) is 3. The van der Waals surface area contributed by atoms with Crippen LogP contribution in [0.5, 0.6) is 0 Å². The molecule has 0 amide bonds. The molecule has 1 fully saturated rings. The van der Waals surface area contributed by atoms with Crippen LogP contribution in [0, 0.1) is 0 Å². The van der Waals surface area contributed by atoms with E-state index in [4.69, 9.17) is 10.5 Å². The SMILES string of the molecule is CC[NH+](CC)CC.CC[NH+](CC)CC.CC[NH+](CC)CC.C[C@@]1(O)[C@H](O)[C@@H](COP(=O)([O-])OP(=O)([O-])[O-])O[C@H]1n1ccc(N)nc1=O. The zero-order valence-corrected chi connectivity index (χ0v) is 31.7. The molecule has 0 aromatic carbocycles. The van der Waals surface area contributed by atoms with E-state index in [0.717, 1.165) is 17.7 Å². The third kappa shape index (κ3) is 18.9. The summed E-state index contributed by atoms with van der Waals surface area (Å²) in [4.78, 5) is 52.2. The Morgan fingerprint density at radius 2 is 1.28 bits per heavy atom. The predicted octanol–water partition coefficient (Wildman–Crippen LogP) is -4.04. The predicted molar refractivity (Wildman–Crippen MR) is 173 cm³/mol. The number of hydrogen-bond donors (Lipinski definition) is 6. The molecule has 17 nitrogen and oxygen atoms in total. The van der Waals surface area contributed by atoms with Crippen molar-refractivity contribution in [2.45, 2.75) is 93.3 Å². The molecule has 1 aromatic rings. The number of aromatic nitrogens is 2. The molecule has 0 spiro atoms. The molecule has 1 aliphatic rings. The van der Waals surface area contributed by atoms with E-state index in [1.54, 1.807) is 14.7 Å². The van der Waals surface area contributed by atoms with Crippen LogP contribution < -0.4 is 40.8 Å². The highest BCUT2D eigenvalue weighted by Crippen LogP contribution is 2.51. The van der Waals surface area contributed by atoms with Gasteiger partial charge in [-0.15, -0.1) is 0 Å². The van der Waals surface area contributed by atoms with E-state index in [1.165, 1.54) is 65.0 Å². The minimum absolute atomic E-state index is 0.103. The third-order valence-electron chi connectivity index (χ3n) is 7.96. The first-order valence-corrected chi connectivity index (χ1v) is 19.3. The van der Waals surface area contributed by atoms with Gasteiger partial charge in [-0.25, -0.2) is 4.79 Å². The number of quaternary nitrogens is 3. The van der Waals surface area contributed by atoms with Gasteiger partial charge in [0.2, 0.25) is 0 Å². The first-order valence-electron chi connectivity index (χ1n) is 16.4. The van der Waals surface area contributed by atoms with Crippen LogP contribution in [0.3, 0.4) is 0 Å². The normalized spacial score (nSPS) is 22.1. The molecule has 1 aliphatic heterocycles. The zero-order chi connectivity index (χ0) is 37.0. The molecule has 280 valence electrons. The number of nitrogen functional groups attached to an aromatic ring is 1. The summed E-state index contributed by atoms with van der Waals surface area (Å²) in [6.07, 6.45) is -3.65. The lowest BCUT2D eigenvalue weighted by Gasteiger charge is -2.35. The Morgan fingerprint density at radius 1 is 0.894 bits per heavy atom. The van der Waals surface area contributed by atoms with Gasteiger partial charge in [-0.2, -0.15) is 4.98 Å². The summed E-state index contributed by atoms with van der Waals surface area (Å²) in [5.74, 6) is -0.103. The second kappa shape index (κ2) is 24.0. The van der Waals surface area contributed by atoms with Crippen molar-refractivity contribution in [2.75, 3.05) is 71.2 Å². The summed E-state index contributed by atoms with van der Waals surface area (Å²) in [5, 5.41) is 20.5. The van der Waals surface area contributed by atoms with Gasteiger partial charge in [-0.3, -0.25) is 13.4 Å². The molecule has 2 heterocycles. The highest BCUT2D eigenvalue weighted by atomic mass is 31.3. The van der Waals surface area contributed by atoms with Crippen LogP contribution in [-0.2, 0) is 22.7 Å². The number of aliphatic hydroxyl groups excluding tert-OH is 1. The number of anilines is 1. The Kier molecular flexibility index (Phi) is 24.4. The number of nitrogens with zero attached hydrogens (tertiary/aromatic N) is 2. The number of aliphatic hydroxyl groups is 2.